The molecule has 0 saturated heterocycles. The zero-order valence-electron chi connectivity index (χ0n) is 16.6. The topological polar surface area (TPSA) is 66.7 Å². The standard InChI is InChI=1S/C22H22ClN3O3/c1-13-10-17-15(11-16(13)23)20(27)18-19(14-6-4-7-24-12-14)26(9-5-8-25(2)3)22(28)21(18)29-17/h4,6-7,10-12,19H,5,8-9H2,1-3H3/t19-/m0/s1. The summed E-state index contributed by atoms with van der Waals surface area (Å²) < 4.78 is 5.96. The molecule has 1 atom stereocenters. The van der Waals surface area contributed by atoms with Gasteiger partial charge in [-0.05, 0) is 63.3 Å². The molecule has 150 valence electrons. The van der Waals surface area contributed by atoms with E-state index in [9.17, 15) is 9.59 Å². The molecule has 29 heavy (non-hydrogen) atoms. The highest BCUT2D eigenvalue weighted by Gasteiger charge is 2.42. The second-order valence-corrected chi connectivity index (χ2v) is 8.02. The van der Waals surface area contributed by atoms with E-state index in [1.807, 2.05) is 27.1 Å². The van der Waals surface area contributed by atoms with Crippen LogP contribution in [0.1, 0.15) is 39.7 Å². The van der Waals surface area contributed by atoms with E-state index in [1.165, 1.54) is 0 Å². The summed E-state index contributed by atoms with van der Waals surface area (Å²) in [7, 11) is 3.98. The number of aryl methyl sites for hydroxylation is 1. The third-order valence-electron chi connectivity index (χ3n) is 5.25. The smallest absolute Gasteiger partial charge is 0.290 e. The Kier molecular flexibility index (Phi) is 5.15. The molecule has 6 nitrogen and oxygen atoms in total. The van der Waals surface area contributed by atoms with Crippen LogP contribution in [-0.2, 0) is 0 Å². The van der Waals surface area contributed by atoms with Gasteiger partial charge < -0.3 is 14.2 Å². The van der Waals surface area contributed by atoms with E-state index in [-0.39, 0.29) is 17.1 Å². The third-order valence-corrected chi connectivity index (χ3v) is 5.66. The van der Waals surface area contributed by atoms with Crippen LogP contribution in [-0.4, -0.2) is 47.9 Å². The molecular formula is C22H22ClN3O3. The van der Waals surface area contributed by atoms with Crippen molar-refractivity contribution < 1.29 is 9.21 Å². The van der Waals surface area contributed by atoms with Crippen LogP contribution in [0.5, 0.6) is 0 Å². The molecule has 0 radical (unpaired) electrons. The molecule has 1 aliphatic heterocycles. The highest BCUT2D eigenvalue weighted by atomic mass is 35.5. The Morgan fingerprint density at radius 3 is 2.76 bits per heavy atom. The third kappa shape index (κ3) is 3.43. The molecule has 0 bridgehead atoms. The number of aromatic nitrogens is 1. The fraction of sp³-hybridized carbons (Fsp3) is 0.318. The lowest BCUT2D eigenvalue weighted by Gasteiger charge is -2.25. The molecule has 4 rings (SSSR count). The van der Waals surface area contributed by atoms with Gasteiger partial charge in [-0.2, -0.15) is 0 Å². The Balaban J connectivity index is 1.89. The molecular weight excluding hydrogens is 390 g/mol. The van der Waals surface area contributed by atoms with Gasteiger partial charge in [0, 0.05) is 24.0 Å². The zero-order valence-corrected chi connectivity index (χ0v) is 17.4. The molecule has 0 unspecified atom stereocenters. The summed E-state index contributed by atoms with van der Waals surface area (Å²) in [6.07, 6.45) is 4.14. The molecule has 0 fully saturated rings. The van der Waals surface area contributed by atoms with Crippen molar-refractivity contribution in [3.63, 3.8) is 0 Å². The number of carbonyl (C=O) groups excluding carboxylic acids is 1. The first kappa shape index (κ1) is 19.6. The largest absolute Gasteiger partial charge is 0.450 e. The monoisotopic (exact) mass is 411 g/mol. The van der Waals surface area contributed by atoms with Gasteiger partial charge in [0.05, 0.1) is 17.0 Å². The SMILES string of the molecule is Cc1cc2oc3c(c(=O)c2cc1Cl)[C@H](c1cccnc1)N(CCCN(C)C)C3=O. The Bertz CT molecular complexity index is 1140. The van der Waals surface area contributed by atoms with Crippen molar-refractivity contribution in [1.29, 1.82) is 0 Å². The van der Waals surface area contributed by atoms with Gasteiger partial charge >= 0.3 is 0 Å². The van der Waals surface area contributed by atoms with Crippen molar-refractivity contribution in [2.24, 2.45) is 0 Å². The average Bonchev–Trinajstić information content (AvgIpc) is 2.97. The van der Waals surface area contributed by atoms with Gasteiger partial charge in [0.2, 0.25) is 5.76 Å². The Labute approximate surface area is 173 Å². The highest BCUT2D eigenvalue weighted by molar-refractivity contribution is 6.32. The first-order valence-corrected chi connectivity index (χ1v) is 9.88. The number of rotatable bonds is 5. The number of hydrogen-bond acceptors (Lipinski definition) is 5. The Morgan fingerprint density at radius 2 is 2.07 bits per heavy atom. The van der Waals surface area contributed by atoms with Crippen LogP contribution in [0.2, 0.25) is 5.02 Å². The van der Waals surface area contributed by atoms with E-state index in [2.05, 4.69) is 9.88 Å². The van der Waals surface area contributed by atoms with Gasteiger partial charge in [0.25, 0.3) is 5.91 Å². The van der Waals surface area contributed by atoms with Crippen molar-refractivity contribution in [3.8, 4) is 0 Å². The van der Waals surface area contributed by atoms with Crippen LogP contribution in [0.15, 0.2) is 45.9 Å². The molecule has 2 aromatic heterocycles. The lowest BCUT2D eigenvalue weighted by Crippen LogP contribution is -2.32. The van der Waals surface area contributed by atoms with Crippen LogP contribution < -0.4 is 5.43 Å². The number of fused-ring (bicyclic) bond motifs is 2. The fourth-order valence-electron chi connectivity index (χ4n) is 3.81. The van der Waals surface area contributed by atoms with E-state index < -0.39 is 6.04 Å². The quantitative estimate of drug-likeness (QED) is 0.641. The van der Waals surface area contributed by atoms with Gasteiger partial charge in [0.15, 0.2) is 5.43 Å². The van der Waals surface area contributed by atoms with E-state index >= 15 is 0 Å². The maximum Gasteiger partial charge on any atom is 0.290 e. The minimum absolute atomic E-state index is 0.114. The van der Waals surface area contributed by atoms with Crippen LogP contribution in [0.25, 0.3) is 11.0 Å². The van der Waals surface area contributed by atoms with E-state index in [1.54, 1.807) is 35.5 Å². The van der Waals surface area contributed by atoms with Crippen molar-refractivity contribution >= 4 is 28.5 Å². The summed E-state index contributed by atoms with van der Waals surface area (Å²) in [5, 5.41) is 0.881. The summed E-state index contributed by atoms with van der Waals surface area (Å²) >= 11 is 6.25. The summed E-state index contributed by atoms with van der Waals surface area (Å²) in [5.74, 6) is -0.151. The molecule has 7 heteroatoms. The molecule has 0 saturated carbocycles. The van der Waals surface area contributed by atoms with E-state index in [4.69, 9.17) is 16.0 Å². The lowest BCUT2D eigenvalue weighted by atomic mass is 9.99. The second kappa shape index (κ2) is 7.61. The number of benzene rings is 1. The second-order valence-electron chi connectivity index (χ2n) is 7.62. The molecule has 0 N–H and O–H groups in total. The summed E-state index contributed by atoms with van der Waals surface area (Å²) in [6, 6.07) is 6.50. The predicted molar refractivity (Wildman–Crippen MR) is 113 cm³/mol. The van der Waals surface area contributed by atoms with Crippen molar-refractivity contribution in [2.75, 3.05) is 27.2 Å². The number of halogens is 1. The summed E-state index contributed by atoms with van der Waals surface area (Å²) in [5.41, 5.74) is 2.10. The molecule has 0 spiro atoms. The maximum atomic E-state index is 13.4. The van der Waals surface area contributed by atoms with Crippen LogP contribution in [0, 0.1) is 6.92 Å². The van der Waals surface area contributed by atoms with Crippen LogP contribution in [0.4, 0.5) is 0 Å². The van der Waals surface area contributed by atoms with Gasteiger partial charge in [-0.1, -0.05) is 17.7 Å². The predicted octanol–water partition coefficient (Wildman–Crippen LogP) is 3.65. The van der Waals surface area contributed by atoms with E-state index in [0.29, 0.717) is 28.1 Å². The number of pyridine rings is 1. The number of carbonyl (C=O) groups is 1. The minimum Gasteiger partial charge on any atom is -0.450 e. The number of amides is 1. The molecule has 1 aliphatic rings. The summed E-state index contributed by atoms with van der Waals surface area (Å²) in [6.45, 7) is 3.18. The Hall–Kier alpha value is -2.70. The van der Waals surface area contributed by atoms with Crippen LogP contribution in [0.3, 0.4) is 0 Å². The maximum absolute atomic E-state index is 13.4. The normalized spacial score (nSPS) is 16.1. The molecule has 1 aromatic carbocycles. The Morgan fingerprint density at radius 1 is 1.28 bits per heavy atom. The molecule has 3 aromatic rings. The fourth-order valence-corrected chi connectivity index (χ4v) is 3.98. The van der Waals surface area contributed by atoms with Gasteiger partial charge in [-0.25, -0.2) is 0 Å². The van der Waals surface area contributed by atoms with Crippen molar-refractivity contribution in [1.82, 2.24) is 14.8 Å². The molecule has 0 aliphatic carbocycles. The van der Waals surface area contributed by atoms with Crippen molar-refractivity contribution in [3.05, 3.63) is 74.4 Å². The van der Waals surface area contributed by atoms with Gasteiger partial charge in [-0.3, -0.25) is 14.6 Å². The minimum atomic E-state index is -0.519. The zero-order chi connectivity index (χ0) is 20.7. The molecule has 3 heterocycles. The average molecular weight is 412 g/mol. The summed E-state index contributed by atoms with van der Waals surface area (Å²) in [4.78, 5) is 34.6. The number of nitrogens with zero attached hydrogens (tertiary/aromatic N) is 3. The lowest BCUT2D eigenvalue weighted by molar-refractivity contribution is 0.0722. The van der Waals surface area contributed by atoms with Crippen LogP contribution >= 0.6 is 11.6 Å². The first-order valence-electron chi connectivity index (χ1n) is 9.51. The van der Waals surface area contributed by atoms with Crippen molar-refractivity contribution in [2.45, 2.75) is 19.4 Å². The highest BCUT2D eigenvalue weighted by Crippen LogP contribution is 2.38. The first-order chi connectivity index (χ1) is 13.9. The van der Waals surface area contributed by atoms with E-state index in [0.717, 1.165) is 24.1 Å². The molecule has 1 amide bonds. The van der Waals surface area contributed by atoms with Gasteiger partial charge in [0.1, 0.15) is 5.58 Å². The number of hydrogen-bond donors (Lipinski definition) is 0. The van der Waals surface area contributed by atoms with Gasteiger partial charge in [-0.15, -0.1) is 0 Å².